The van der Waals surface area contributed by atoms with Crippen molar-refractivity contribution in [3.63, 3.8) is 0 Å². The molecule has 0 saturated carbocycles. The highest BCUT2D eigenvalue weighted by molar-refractivity contribution is 6.33. The van der Waals surface area contributed by atoms with Gasteiger partial charge in [0.15, 0.2) is 5.82 Å². The molecular formula is C15H11ClF3N5O. The Morgan fingerprint density at radius 2 is 1.72 bits per heavy atom. The monoisotopic (exact) mass is 369 g/mol. The van der Waals surface area contributed by atoms with Crippen molar-refractivity contribution in [3.8, 4) is 0 Å². The summed E-state index contributed by atoms with van der Waals surface area (Å²) < 4.78 is 43.4. The number of nitrogens with one attached hydrogen (secondary N) is 2. The zero-order valence-electron chi connectivity index (χ0n) is 12.7. The SMILES string of the molecule is Cc1cc(Nc2cc(Nc3cc(C(F)(F)F)ccc3Cl)ncn2)no1. The number of aromatic nitrogens is 3. The average Bonchev–Trinajstić information content (AvgIpc) is 2.94. The van der Waals surface area contributed by atoms with Crippen LogP contribution in [0.3, 0.4) is 0 Å². The molecule has 1 aromatic carbocycles. The number of aryl methyl sites for hydroxylation is 1. The van der Waals surface area contributed by atoms with Gasteiger partial charge in [-0.3, -0.25) is 0 Å². The lowest BCUT2D eigenvalue weighted by Gasteiger charge is -2.12. The Labute approximate surface area is 145 Å². The lowest BCUT2D eigenvalue weighted by Crippen LogP contribution is -2.06. The topological polar surface area (TPSA) is 75.9 Å². The fourth-order valence-electron chi connectivity index (χ4n) is 1.99. The molecule has 130 valence electrons. The highest BCUT2D eigenvalue weighted by Crippen LogP contribution is 2.34. The Morgan fingerprint density at radius 3 is 2.36 bits per heavy atom. The van der Waals surface area contributed by atoms with Gasteiger partial charge in [-0.15, -0.1) is 0 Å². The number of hydrogen-bond acceptors (Lipinski definition) is 6. The van der Waals surface area contributed by atoms with Crippen molar-refractivity contribution < 1.29 is 17.7 Å². The molecule has 0 spiro atoms. The molecule has 0 aliphatic carbocycles. The van der Waals surface area contributed by atoms with Gasteiger partial charge in [0.2, 0.25) is 0 Å². The normalized spacial score (nSPS) is 11.4. The molecule has 0 aliphatic heterocycles. The first-order valence-corrected chi connectivity index (χ1v) is 7.35. The van der Waals surface area contributed by atoms with Gasteiger partial charge in [-0.05, 0) is 25.1 Å². The summed E-state index contributed by atoms with van der Waals surface area (Å²) in [5, 5.41) is 9.54. The number of anilines is 4. The number of alkyl halides is 3. The van der Waals surface area contributed by atoms with Crippen molar-refractivity contribution in [1.29, 1.82) is 0 Å². The lowest BCUT2D eigenvalue weighted by molar-refractivity contribution is -0.137. The van der Waals surface area contributed by atoms with Gasteiger partial charge >= 0.3 is 6.18 Å². The second-order valence-electron chi connectivity index (χ2n) is 5.05. The Morgan fingerprint density at radius 1 is 1.00 bits per heavy atom. The first-order valence-electron chi connectivity index (χ1n) is 6.97. The minimum absolute atomic E-state index is 0.0819. The first-order chi connectivity index (χ1) is 11.8. The summed E-state index contributed by atoms with van der Waals surface area (Å²) in [5.41, 5.74) is -0.733. The van der Waals surface area contributed by atoms with Gasteiger partial charge in [0.1, 0.15) is 23.7 Å². The fourth-order valence-corrected chi connectivity index (χ4v) is 2.15. The van der Waals surface area contributed by atoms with Crippen molar-refractivity contribution in [2.75, 3.05) is 10.6 Å². The van der Waals surface area contributed by atoms with Crippen LogP contribution in [-0.4, -0.2) is 15.1 Å². The van der Waals surface area contributed by atoms with Crippen LogP contribution in [0.1, 0.15) is 11.3 Å². The first kappa shape index (κ1) is 17.0. The van der Waals surface area contributed by atoms with E-state index in [0.717, 1.165) is 12.1 Å². The highest BCUT2D eigenvalue weighted by atomic mass is 35.5. The molecule has 0 unspecified atom stereocenters. The van der Waals surface area contributed by atoms with Crippen molar-refractivity contribution in [1.82, 2.24) is 15.1 Å². The average molecular weight is 370 g/mol. The second kappa shape index (κ2) is 6.60. The molecular weight excluding hydrogens is 359 g/mol. The van der Waals surface area contributed by atoms with Gasteiger partial charge < -0.3 is 15.2 Å². The third-order valence-corrected chi connectivity index (χ3v) is 3.44. The molecule has 0 radical (unpaired) electrons. The van der Waals surface area contributed by atoms with Crippen LogP contribution in [-0.2, 0) is 6.18 Å². The highest BCUT2D eigenvalue weighted by Gasteiger charge is 2.31. The van der Waals surface area contributed by atoms with Crippen molar-refractivity contribution in [2.24, 2.45) is 0 Å². The summed E-state index contributed by atoms with van der Waals surface area (Å²) in [7, 11) is 0. The molecule has 0 fully saturated rings. The second-order valence-corrected chi connectivity index (χ2v) is 5.46. The maximum absolute atomic E-state index is 12.8. The van der Waals surface area contributed by atoms with Crippen LogP contribution < -0.4 is 10.6 Å². The number of hydrogen-bond donors (Lipinski definition) is 2. The standard InChI is InChI=1S/C15H11ClF3N5O/c1-8-4-14(24-25-8)23-13-6-12(20-7-21-13)22-11-5-9(15(17,18)19)2-3-10(11)16/h2-7H,1H3,(H2,20,21,22,23,24). The molecule has 6 nitrogen and oxygen atoms in total. The Bertz CT molecular complexity index is 897. The van der Waals surface area contributed by atoms with Crippen LogP contribution >= 0.6 is 11.6 Å². The van der Waals surface area contributed by atoms with E-state index in [1.165, 1.54) is 18.5 Å². The van der Waals surface area contributed by atoms with E-state index in [1.807, 2.05) is 0 Å². The van der Waals surface area contributed by atoms with Gasteiger partial charge in [-0.25, -0.2) is 9.97 Å². The minimum Gasteiger partial charge on any atom is -0.360 e. The molecule has 2 heterocycles. The van der Waals surface area contributed by atoms with Crippen LogP contribution in [0.5, 0.6) is 0 Å². The van der Waals surface area contributed by atoms with E-state index in [1.54, 1.807) is 13.0 Å². The molecule has 10 heteroatoms. The lowest BCUT2D eigenvalue weighted by atomic mass is 10.2. The Kier molecular flexibility index (Phi) is 4.49. The van der Waals surface area contributed by atoms with E-state index >= 15 is 0 Å². The Balaban J connectivity index is 1.82. The van der Waals surface area contributed by atoms with Crippen molar-refractivity contribution in [3.05, 3.63) is 53.0 Å². The quantitative estimate of drug-likeness (QED) is 0.679. The number of rotatable bonds is 4. The van der Waals surface area contributed by atoms with Gasteiger partial charge in [0.25, 0.3) is 0 Å². The zero-order chi connectivity index (χ0) is 18.0. The van der Waals surface area contributed by atoms with E-state index in [2.05, 4.69) is 25.8 Å². The van der Waals surface area contributed by atoms with Crippen LogP contribution in [0, 0.1) is 6.92 Å². The number of halogens is 4. The molecule has 0 saturated heterocycles. The molecule has 25 heavy (non-hydrogen) atoms. The minimum atomic E-state index is -4.47. The van der Waals surface area contributed by atoms with Crippen molar-refractivity contribution in [2.45, 2.75) is 13.1 Å². The van der Waals surface area contributed by atoms with Crippen LogP contribution in [0.15, 0.2) is 41.2 Å². The summed E-state index contributed by atoms with van der Waals surface area (Å²) in [6, 6.07) is 6.16. The number of nitrogens with zero attached hydrogens (tertiary/aromatic N) is 3. The van der Waals surface area contributed by atoms with Crippen LogP contribution in [0.25, 0.3) is 0 Å². The van der Waals surface area contributed by atoms with Gasteiger partial charge in [-0.2, -0.15) is 13.2 Å². The van der Waals surface area contributed by atoms with E-state index < -0.39 is 11.7 Å². The molecule has 0 atom stereocenters. The zero-order valence-corrected chi connectivity index (χ0v) is 13.5. The van der Waals surface area contributed by atoms with Gasteiger partial charge in [-0.1, -0.05) is 16.8 Å². The maximum atomic E-state index is 12.8. The Hall–Kier alpha value is -2.81. The number of benzene rings is 1. The molecule has 2 aromatic heterocycles. The third kappa shape index (κ3) is 4.18. The third-order valence-electron chi connectivity index (χ3n) is 3.11. The summed E-state index contributed by atoms with van der Waals surface area (Å²) in [4.78, 5) is 7.98. The smallest absolute Gasteiger partial charge is 0.360 e. The summed E-state index contributed by atoms with van der Waals surface area (Å²) >= 11 is 5.96. The van der Waals surface area contributed by atoms with Crippen molar-refractivity contribution >= 4 is 34.7 Å². The summed E-state index contributed by atoms with van der Waals surface area (Å²) in [6.45, 7) is 1.74. The van der Waals surface area contributed by atoms with E-state index in [9.17, 15) is 13.2 Å². The fraction of sp³-hybridized carbons (Fsp3) is 0.133. The molecule has 3 aromatic rings. The molecule has 0 bridgehead atoms. The summed E-state index contributed by atoms with van der Waals surface area (Å²) in [6.07, 6.45) is -3.22. The van der Waals surface area contributed by atoms with Crippen LogP contribution in [0.4, 0.5) is 36.3 Å². The summed E-state index contributed by atoms with van der Waals surface area (Å²) in [5.74, 6) is 1.71. The predicted octanol–water partition coefficient (Wildman–Crippen LogP) is 4.93. The molecule has 3 rings (SSSR count). The van der Waals surface area contributed by atoms with Crippen LogP contribution in [0.2, 0.25) is 5.02 Å². The molecule has 0 aliphatic rings. The predicted molar refractivity (Wildman–Crippen MR) is 86.3 cm³/mol. The van der Waals surface area contributed by atoms with Gasteiger partial charge in [0.05, 0.1) is 16.3 Å². The van der Waals surface area contributed by atoms with E-state index in [4.69, 9.17) is 16.1 Å². The largest absolute Gasteiger partial charge is 0.416 e. The maximum Gasteiger partial charge on any atom is 0.416 e. The molecule has 2 N–H and O–H groups in total. The van der Waals surface area contributed by atoms with Gasteiger partial charge in [0, 0.05) is 12.1 Å². The molecule has 0 amide bonds. The van der Waals surface area contributed by atoms with E-state index in [-0.39, 0.29) is 16.5 Å². The van der Waals surface area contributed by atoms with E-state index in [0.29, 0.717) is 17.4 Å².